The van der Waals surface area contributed by atoms with E-state index in [1.54, 1.807) is 36.3 Å². The molecule has 2 heterocycles. The van der Waals surface area contributed by atoms with Crippen molar-refractivity contribution in [2.45, 2.75) is 30.3 Å². The number of carbonyl (C=O) groups excluding carboxylic acids is 1. The molecule has 0 bridgehead atoms. The Morgan fingerprint density at radius 2 is 1.81 bits per heavy atom. The Kier molecular flexibility index (Phi) is 7.61. The van der Waals surface area contributed by atoms with Gasteiger partial charge in [-0.2, -0.15) is 0 Å². The number of thioether (sulfide) groups is 1. The second-order valence-corrected chi connectivity index (χ2v) is 9.92. The molecule has 5 nitrogen and oxygen atoms in total. The zero-order valence-corrected chi connectivity index (χ0v) is 21.3. The molecule has 1 N–H and O–H groups in total. The minimum atomic E-state index is -0.257. The van der Waals surface area contributed by atoms with E-state index in [-0.39, 0.29) is 17.6 Å². The molecule has 0 saturated heterocycles. The number of imidazole rings is 1. The minimum Gasteiger partial charge on any atom is -0.351 e. The van der Waals surface area contributed by atoms with Crippen molar-refractivity contribution in [3.05, 3.63) is 125 Å². The number of hydrogen-bond acceptors (Lipinski definition) is 4. The smallest absolute Gasteiger partial charge is 0.251 e. The van der Waals surface area contributed by atoms with Crippen molar-refractivity contribution >= 4 is 28.7 Å². The number of fused-ring (bicyclic) bond motifs is 1. The number of hydrogen-bond donors (Lipinski definition) is 1. The predicted molar refractivity (Wildman–Crippen MR) is 146 cm³/mol. The van der Waals surface area contributed by atoms with Gasteiger partial charge < -0.3 is 9.88 Å². The SMILES string of the molecule is C[C@H](CNC(=O)c1ccc(CSc2nc3ccncc3n2Cc2cccc(F)c2)cc1)c1ccccc1. The fourth-order valence-electron chi connectivity index (χ4n) is 4.18. The molecule has 186 valence electrons. The van der Waals surface area contributed by atoms with Gasteiger partial charge in [0, 0.05) is 24.1 Å². The Morgan fingerprint density at radius 3 is 2.59 bits per heavy atom. The lowest BCUT2D eigenvalue weighted by molar-refractivity contribution is 0.0951. The van der Waals surface area contributed by atoms with Crippen LogP contribution in [0.4, 0.5) is 4.39 Å². The van der Waals surface area contributed by atoms with Crippen molar-refractivity contribution in [1.29, 1.82) is 0 Å². The summed E-state index contributed by atoms with van der Waals surface area (Å²) in [5.41, 5.74) is 5.55. The van der Waals surface area contributed by atoms with Crippen molar-refractivity contribution in [3.8, 4) is 0 Å². The van der Waals surface area contributed by atoms with Crippen LogP contribution < -0.4 is 5.32 Å². The zero-order chi connectivity index (χ0) is 25.6. The third-order valence-electron chi connectivity index (χ3n) is 6.27. The van der Waals surface area contributed by atoms with Gasteiger partial charge in [0.15, 0.2) is 5.16 Å². The van der Waals surface area contributed by atoms with Gasteiger partial charge >= 0.3 is 0 Å². The van der Waals surface area contributed by atoms with E-state index in [0.29, 0.717) is 24.4 Å². The first-order valence-corrected chi connectivity index (χ1v) is 13.1. The Bertz CT molecular complexity index is 1500. The Morgan fingerprint density at radius 1 is 1.00 bits per heavy atom. The molecule has 0 aliphatic carbocycles. The Labute approximate surface area is 219 Å². The number of pyridine rings is 1. The van der Waals surface area contributed by atoms with Gasteiger partial charge in [-0.25, -0.2) is 9.37 Å². The minimum absolute atomic E-state index is 0.0774. The predicted octanol–water partition coefficient (Wildman–Crippen LogP) is 6.44. The molecule has 5 aromatic rings. The first kappa shape index (κ1) is 24.7. The lowest BCUT2D eigenvalue weighted by atomic mass is 10.0. The monoisotopic (exact) mass is 510 g/mol. The number of nitrogens with zero attached hydrogens (tertiary/aromatic N) is 3. The summed E-state index contributed by atoms with van der Waals surface area (Å²) in [6.07, 6.45) is 3.51. The molecule has 5 rings (SSSR count). The quantitative estimate of drug-likeness (QED) is 0.232. The van der Waals surface area contributed by atoms with Crippen molar-refractivity contribution in [2.24, 2.45) is 0 Å². The molecular formula is C30H27FN4OS. The lowest BCUT2D eigenvalue weighted by Gasteiger charge is -2.13. The van der Waals surface area contributed by atoms with Gasteiger partial charge in [0.2, 0.25) is 0 Å². The molecule has 37 heavy (non-hydrogen) atoms. The first-order chi connectivity index (χ1) is 18.1. The fraction of sp³-hybridized carbons (Fsp3) is 0.167. The summed E-state index contributed by atoms with van der Waals surface area (Å²) in [5, 5.41) is 3.87. The van der Waals surface area contributed by atoms with Crippen molar-refractivity contribution in [2.75, 3.05) is 6.54 Å². The van der Waals surface area contributed by atoms with Crippen LogP contribution in [0.5, 0.6) is 0 Å². The van der Waals surface area contributed by atoms with E-state index in [1.165, 1.54) is 11.6 Å². The average Bonchev–Trinajstić information content (AvgIpc) is 3.28. The van der Waals surface area contributed by atoms with Crippen molar-refractivity contribution in [1.82, 2.24) is 19.9 Å². The van der Waals surface area contributed by atoms with Gasteiger partial charge in [-0.05, 0) is 52.9 Å². The van der Waals surface area contributed by atoms with Crippen LogP contribution in [0, 0.1) is 5.82 Å². The molecule has 1 amide bonds. The van der Waals surface area contributed by atoms with Crippen LogP contribution in [0.25, 0.3) is 11.0 Å². The second-order valence-electron chi connectivity index (χ2n) is 8.98. The molecular weight excluding hydrogens is 483 g/mol. The van der Waals surface area contributed by atoms with Gasteiger partial charge in [-0.15, -0.1) is 0 Å². The molecule has 0 unspecified atom stereocenters. The fourth-order valence-corrected chi connectivity index (χ4v) is 5.15. The molecule has 0 radical (unpaired) electrons. The van der Waals surface area contributed by atoms with E-state index in [4.69, 9.17) is 4.98 Å². The van der Waals surface area contributed by atoms with E-state index >= 15 is 0 Å². The van der Waals surface area contributed by atoms with Crippen molar-refractivity contribution in [3.63, 3.8) is 0 Å². The maximum Gasteiger partial charge on any atom is 0.251 e. The van der Waals surface area contributed by atoms with Crippen LogP contribution in [0.3, 0.4) is 0 Å². The molecule has 3 aromatic carbocycles. The summed E-state index contributed by atoms with van der Waals surface area (Å²) in [7, 11) is 0. The lowest BCUT2D eigenvalue weighted by Crippen LogP contribution is -2.27. The summed E-state index contributed by atoms with van der Waals surface area (Å²) in [5.74, 6) is 0.592. The van der Waals surface area contributed by atoms with Crippen molar-refractivity contribution < 1.29 is 9.18 Å². The second kappa shape index (κ2) is 11.4. The number of halogens is 1. The Hall–Kier alpha value is -3.97. The summed E-state index contributed by atoms with van der Waals surface area (Å²) >= 11 is 1.61. The molecule has 0 saturated carbocycles. The molecule has 0 aliphatic heterocycles. The van der Waals surface area contributed by atoms with Gasteiger partial charge in [-0.3, -0.25) is 9.78 Å². The zero-order valence-electron chi connectivity index (χ0n) is 20.5. The number of carbonyl (C=O) groups is 1. The largest absolute Gasteiger partial charge is 0.351 e. The van der Waals surface area contributed by atoms with Crippen LogP contribution in [-0.2, 0) is 12.3 Å². The van der Waals surface area contributed by atoms with Gasteiger partial charge in [0.25, 0.3) is 5.91 Å². The highest BCUT2D eigenvalue weighted by molar-refractivity contribution is 7.98. The van der Waals surface area contributed by atoms with Crippen LogP contribution in [0.2, 0.25) is 0 Å². The van der Waals surface area contributed by atoms with E-state index < -0.39 is 0 Å². The summed E-state index contributed by atoms with van der Waals surface area (Å²) < 4.78 is 15.8. The highest BCUT2D eigenvalue weighted by Crippen LogP contribution is 2.27. The number of benzene rings is 3. The van der Waals surface area contributed by atoms with E-state index in [1.807, 2.05) is 54.6 Å². The van der Waals surface area contributed by atoms with E-state index in [0.717, 1.165) is 27.3 Å². The van der Waals surface area contributed by atoms with E-state index in [2.05, 4.69) is 33.9 Å². The highest BCUT2D eigenvalue weighted by atomic mass is 32.2. The standard InChI is InChI=1S/C30H27FN4OS/c1-21(24-7-3-2-4-8-24)17-33-29(36)25-12-10-22(11-13-25)20-37-30-34-27-14-15-32-18-28(27)35(30)19-23-6-5-9-26(31)16-23/h2-16,18,21H,17,19-20H2,1H3,(H,33,36)/t21-/m1/s1. The summed E-state index contributed by atoms with van der Waals surface area (Å²) in [6, 6.07) is 26.3. The molecule has 2 aromatic heterocycles. The number of rotatable bonds is 9. The molecule has 7 heteroatoms. The summed E-state index contributed by atoms with van der Waals surface area (Å²) in [4.78, 5) is 21.7. The van der Waals surface area contributed by atoms with Gasteiger partial charge in [-0.1, -0.05) is 73.3 Å². The molecule has 1 atom stereocenters. The maximum atomic E-state index is 13.8. The number of aromatic nitrogens is 3. The average molecular weight is 511 g/mol. The Balaban J connectivity index is 1.24. The number of nitrogens with one attached hydrogen (secondary N) is 1. The maximum absolute atomic E-state index is 13.8. The van der Waals surface area contributed by atoms with E-state index in [9.17, 15) is 9.18 Å². The van der Waals surface area contributed by atoms with Crippen LogP contribution >= 0.6 is 11.8 Å². The normalized spacial score (nSPS) is 11.9. The third-order valence-corrected chi connectivity index (χ3v) is 7.31. The topological polar surface area (TPSA) is 59.8 Å². The first-order valence-electron chi connectivity index (χ1n) is 12.2. The van der Waals surface area contributed by atoms with Crippen LogP contribution in [0.1, 0.15) is 39.9 Å². The highest BCUT2D eigenvalue weighted by Gasteiger charge is 2.14. The van der Waals surface area contributed by atoms with Gasteiger partial charge in [0.1, 0.15) is 5.82 Å². The molecule has 0 aliphatic rings. The molecule has 0 spiro atoms. The van der Waals surface area contributed by atoms with Gasteiger partial charge in [0.05, 0.1) is 23.8 Å². The molecule has 0 fully saturated rings. The van der Waals surface area contributed by atoms with Crippen LogP contribution in [0.15, 0.2) is 102 Å². The third kappa shape index (κ3) is 6.06. The van der Waals surface area contributed by atoms with Crippen LogP contribution in [-0.4, -0.2) is 27.0 Å². The summed E-state index contributed by atoms with van der Waals surface area (Å²) in [6.45, 7) is 3.19. The number of amides is 1.